The van der Waals surface area contributed by atoms with Gasteiger partial charge in [-0.05, 0) is 30.7 Å². The van der Waals surface area contributed by atoms with E-state index in [2.05, 4.69) is 26.8 Å². The Labute approximate surface area is 149 Å². The first-order valence-electron chi connectivity index (χ1n) is 7.69. The summed E-state index contributed by atoms with van der Waals surface area (Å²) in [5.74, 6) is 0.0932. The second kappa shape index (κ2) is 7.52. The van der Waals surface area contributed by atoms with Gasteiger partial charge in [0.15, 0.2) is 5.75 Å². The number of rotatable bonds is 5. The van der Waals surface area contributed by atoms with E-state index >= 15 is 0 Å². The van der Waals surface area contributed by atoms with Crippen LogP contribution in [0.15, 0.2) is 55.8 Å². The summed E-state index contributed by atoms with van der Waals surface area (Å²) in [5, 5.41) is 2.56. The third-order valence-electron chi connectivity index (χ3n) is 3.48. The summed E-state index contributed by atoms with van der Waals surface area (Å²) in [6.07, 6.45) is 7.35. The largest absolute Gasteiger partial charge is 0.454 e. The minimum Gasteiger partial charge on any atom is -0.454 e. The SMILES string of the molecule is C=Cc1cc(Oc2cncnc2)cc(C(=O)Nc2cc(F)c(C)cn2)c1. The van der Waals surface area contributed by atoms with Crippen LogP contribution in [-0.2, 0) is 0 Å². The number of nitrogens with zero attached hydrogens (tertiary/aromatic N) is 3. The van der Waals surface area contributed by atoms with Crippen molar-refractivity contribution in [2.45, 2.75) is 6.92 Å². The fourth-order valence-corrected chi connectivity index (χ4v) is 2.16. The van der Waals surface area contributed by atoms with Crippen LogP contribution in [0, 0.1) is 12.7 Å². The van der Waals surface area contributed by atoms with E-state index < -0.39 is 11.7 Å². The molecule has 0 saturated heterocycles. The van der Waals surface area contributed by atoms with Gasteiger partial charge in [0.1, 0.15) is 23.7 Å². The molecule has 0 aliphatic rings. The number of anilines is 1. The Morgan fingerprint density at radius 1 is 1.15 bits per heavy atom. The molecule has 2 aromatic heterocycles. The van der Waals surface area contributed by atoms with Crippen LogP contribution < -0.4 is 10.1 Å². The van der Waals surface area contributed by atoms with Crippen LogP contribution in [0.2, 0.25) is 0 Å². The zero-order valence-electron chi connectivity index (χ0n) is 13.9. The number of pyridine rings is 1. The topological polar surface area (TPSA) is 77.0 Å². The number of amides is 1. The first-order valence-corrected chi connectivity index (χ1v) is 7.69. The zero-order chi connectivity index (χ0) is 18.5. The van der Waals surface area contributed by atoms with Crippen LogP contribution in [0.1, 0.15) is 21.5 Å². The van der Waals surface area contributed by atoms with Gasteiger partial charge in [0, 0.05) is 23.4 Å². The molecule has 3 aromatic rings. The molecule has 1 amide bonds. The lowest BCUT2D eigenvalue weighted by Gasteiger charge is -2.10. The van der Waals surface area contributed by atoms with Gasteiger partial charge in [-0.15, -0.1) is 0 Å². The molecule has 0 spiro atoms. The lowest BCUT2D eigenvalue weighted by atomic mass is 10.1. The van der Waals surface area contributed by atoms with Gasteiger partial charge >= 0.3 is 0 Å². The summed E-state index contributed by atoms with van der Waals surface area (Å²) in [6.45, 7) is 5.31. The van der Waals surface area contributed by atoms with E-state index in [1.165, 1.54) is 31.0 Å². The number of nitrogens with one attached hydrogen (secondary N) is 1. The van der Waals surface area contributed by atoms with Crippen molar-refractivity contribution in [1.29, 1.82) is 0 Å². The first kappa shape index (κ1) is 17.2. The summed E-state index contributed by atoms with van der Waals surface area (Å²) in [6, 6.07) is 6.09. The van der Waals surface area contributed by atoms with Gasteiger partial charge in [-0.1, -0.05) is 12.7 Å². The van der Waals surface area contributed by atoms with Crippen LogP contribution >= 0.6 is 0 Å². The first-order chi connectivity index (χ1) is 12.5. The molecule has 130 valence electrons. The van der Waals surface area contributed by atoms with Crippen LogP contribution in [0.3, 0.4) is 0 Å². The molecule has 0 atom stereocenters. The highest BCUT2D eigenvalue weighted by atomic mass is 19.1. The van der Waals surface area contributed by atoms with Gasteiger partial charge in [0.25, 0.3) is 5.91 Å². The van der Waals surface area contributed by atoms with E-state index in [1.54, 1.807) is 31.2 Å². The normalized spacial score (nSPS) is 10.2. The van der Waals surface area contributed by atoms with E-state index in [-0.39, 0.29) is 5.82 Å². The highest BCUT2D eigenvalue weighted by Crippen LogP contribution is 2.24. The second-order valence-corrected chi connectivity index (χ2v) is 5.44. The summed E-state index contributed by atoms with van der Waals surface area (Å²) < 4.78 is 19.3. The standard InChI is InChI=1S/C19H15FN4O2/c1-3-13-4-14(6-15(5-13)26-16-9-21-11-22-10-16)19(25)24-18-7-17(20)12(2)8-23-18/h3-11H,1H2,2H3,(H,23,24,25). The molecule has 3 rings (SSSR count). The molecule has 0 aliphatic heterocycles. The molecule has 0 fully saturated rings. The van der Waals surface area contributed by atoms with Crippen molar-refractivity contribution in [1.82, 2.24) is 15.0 Å². The van der Waals surface area contributed by atoms with E-state index in [0.717, 1.165) is 0 Å². The Morgan fingerprint density at radius 3 is 2.62 bits per heavy atom. The smallest absolute Gasteiger partial charge is 0.256 e. The van der Waals surface area contributed by atoms with Gasteiger partial charge in [-0.2, -0.15) is 0 Å². The van der Waals surface area contributed by atoms with Gasteiger partial charge in [0.05, 0.1) is 12.4 Å². The Bertz CT molecular complexity index is 961. The minimum atomic E-state index is -0.446. The second-order valence-electron chi connectivity index (χ2n) is 5.44. The quantitative estimate of drug-likeness (QED) is 0.752. The molecule has 26 heavy (non-hydrogen) atoms. The summed E-state index contributed by atoms with van der Waals surface area (Å²) in [5.41, 5.74) is 1.40. The predicted octanol–water partition coefficient (Wildman–Crippen LogP) is 4.01. The van der Waals surface area contributed by atoms with Gasteiger partial charge in [-0.25, -0.2) is 19.3 Å². The number of hydrogen-bond donors (Lipinski definition) is 1. The highest BCUT2D eigenvalue weighted by molar-refractivity contribution is 6.04. The Balaban J connectivity index is 1.86. The fourth-order valence-electron chi connectivity index (χ4n) is 2.16. The molecule has 6 nitrogen and oxygen atoms in total. The average Bonchev–Trinajstić information content (AvgIpc) is 2.65. The molecule has 7 heteroatoms. The third kappa shape index (κ3) is 4.07. The van der Waals surface area contributed by atoms with Gasteiger partial charge in [0.2, 0.25) is 0 Å². The molecule has 0 bridgehead atoms. The molecule has 0 unspecified atom stereocenters. The Morgan fingerprint density at radius 2 is 1.92 bits per heavy atom. The van der Waals surface area contributed by atoms with E-state index in [0.29, 0.717) is 28.2 Å². The molecule has 2 heterocycles. The number of carbonyl (C=O) groups excluding carboxylic acids is 1. The maximum absolute atomic E-state index is 13.6. The molecule has 1 N–H and O–H groups in total. The number of halogens is 1. The summed E-state index contributed by atoms with van der Waals surface area (Å²) in [7, 11) is 0. The van der Waals surface area contributed by atoms with E-state index in [9.17, 15) is 9.18 Å². The Hall–Kier alpha value is -3.61. The van der Waals surface area contributed by atoms with E-state index in [1.807, 2.05) is 0 Å². The number of aryl methyl sites for hydroxylation is 1. The van der Waals surface area contributed by atoms with Gasteiger partial charge in [-0.3, -0.25) is 4.79 Å². The summed E-state index contributed by atoms with van der Waals surface area (Å²) >= 11 is 0. The van der Waals surface area contributed by atoms with Crippen molar-refractivity contribution in [3.63, 3.8) is 0 Å². The highest BCUT2D eigenvalue weighted by Gasteiger charge is 2.11. The number of benzene rings is 1. The predicted molar refractivity (Wildman–Crippen MR) is 95.5 cm³/mol. The monoisotopic (exact) mass is 350 g/mol. The van der Waals surface area contributed by atoms with Crippen molar-refractivity contribution in [3.05, 3.63) is 78.3 Å². The molecule has 0 saturated carbocycles. The molecule has 1 aromatic carbocycles. The molecule has 0 aliphatic carbocycles. The number of ether oxygens (including phenoxy) is 1. The lowest BCUT2D eigenvalue weighted by Crippen LogP contribution is -2.13. The third-order valence-corrected chi connectivity index (χ3v) is 3.48. The molecular formula is C19H15FN4O2. The minimum absolute atomic E-state index is 0.126. The maximum atomic E-state index is 13.6. The molecule has 0 radical (unpaired) electrons. The van der Waals surface area contributed by atoms with Crippen molar-refractivity contribution >= 4 is 17.8 Å². The van der Waals surface area contributed by atoms with Crippen LogP contribution in [0.4, 0.5) is 10.2 Å². The van der Waals surface area contributed by atoms with Crippen molar-refractivity contribution < 1.29 is 13.9 Å². The van der Waals surface area contributed by atoms with Gasteiger partial charge < -0.3 is 10.1 Å². The average molecular weight is 350 g/mol. The number of carbonyl (C=O) groups is 1. The fraction of sp³-hybridized carbons (Fsp3) is 0.0526. The van der Waals surface area contributed by atoms with Crippen molar-refractivity contribution in [3.8, 4) is 11.5 Å². The molecular weight excluding hydrogens is 335 g/mol. The maximum Gasteiger partial charge on any atom is 0.256 e. The summed E-state index contributed by atoms with van der Waals surface area (Å²) in [4.78, 5) is 24.2. The zero-order valence-corrected chi connectivity index (χ0v) is 13.9. The lowest BCUT2D eigenvalue weighted by molar-refractivity contribution is 0.102. The van der Waals surface area contributed by atoms with E-state index in [4.69, 9.17) is 4.74 Å². The van der Waals surface area contributed by atoms with Crippen molar-refractivity contribution in [2.24, 2.45) is 0 Å². The Kier molecular flexibility index (Phi) is 4.98. The van der Waals surface area contributed by atoms with Crippen LogP contribution in [-0.4, -0.2) is 20.9 Å². The van der Waals surface area contributed by atoms with Crippen LogP contribution in [0.5, 0.6) is 11.5 Å². The number of aromatic nitrogens is 3. The van der Waals surface area contributed by atoms with Crippen LogP contribution in [0.25, 0.3) is 6.08 Å². The van der Waals surface area contributed by atoms with Crippen molar-refractivity contribution in [2.75, 3.05) is 5.32 Å². The number of hydrogen-bond acceptors (Lipinski definition) is 5.